The van der Waals surface area contributed by atoms with Crippen molar-refractivity contribution in [3.05, 3.63) is 54.1 Å². The summed E-state index contributed by atoms with van der Waals surface area (Å²) in [5, 5.41) is 6.58. The Morgan fingerprint density at radius 1 is 0.967 bits per heavy atom. The molecule has 0 unspecified atom stereocenters. The molecule has 2 amide bonds. The van der Waals surface area contributed by atoms with Crippen LogP contribution in [0.3, 0.4) is 0 Å². The lowest BCUT2D eigenvalue weighted by molar-refractivity contribution is -0.143. The van der Waals surface area contributed by atoms with Gasteiger partial charge >= 0.3 is 5.97 Å². The van der Waals surface area contributed by atoms with Gasteiger partial charge in [0.05, 0.1) is 20.4 Å². The van der Waals surface area contributed by atoms with Crippen LogP contribution in [0.4, 0.5) is 5.69 Å². The van der Waals surface area contributed by atoms with Gasteiger partial charge < -0.3 is 19.5 Å². The predicted octanol–water partition coefficient (Wildman–Crippen LogP) is 2.12. The third-order valence-electron chi connectivity index (χ3n) is 3.80. The zero-order chi connectivity index (χ0) is 21.8. The lowest BCUT2D eigenvalue weighted by atomic mass is 10.2. The molecule has 0 atom stereocenters. The molecule has 9 heteroatoms. The van der Waals surface area contributed by atoms with Gasteiger partial charge in [-0.3, -0.25) is 9.59 Å². The number of rotatable bonds is 10. The van der Waals surface area contributed by atoms with Gasteiger partial charge in [0.25, 0.3) is 0 Å². The largest absolute Gasteiger partial charge is 0.493 e. The average Bonchev–Trinajstić information content (AvgIpc) is 2.77. The van der Waals surface area contributed by atoms with Crippen LogP contribution in [0, 0.1) is 0 Å². The van der Waals surface area contributed by atoms with Crippen molar-refractivity contribution >= 4 is 29.7 Å². The molecule has 0 aliphatic carbocycles. The van der Waals surface area contributed by atoms with E-state index in [0.717, 1.165) is 0 Å². The first-order chi connectivity index (χ1) is 14.5. The third-order valence-corrected chi connectivity index (χ3v) is 3.80. The van der Waals surface area contributed by atoms with E-state index in [1.54, 1.807) is 30.3 Å². The summed E-state index contributed by atoms with van der Waals surface area (Å²) in [6, 6.07) is 13.9. The molecule has 0 bridgehead atoms. The number of hydrogen-bond donors (Lipinski definition) is 2. The van der Waals surface area contributed by atoms with Crippen LogP contribution in [0.25, 0.3) is 0 Å². The van der Waals surface area contributed by atoms with Crippen LogP contribution >= 0.6 is 0 Å². The highest BCUT2D eigenvalue weighted by molar-refractivity contribution is 5.93. The highest BCUT2D eigenvalue weighted by Crippen LogP contribution is 2.27. The molecule has 0 aliphatic rings. The van der Waals surface area contributed by atoms with Crippen LogP contribution in [-0.2, 0) is 19.1 Å². The number of methoxy groups -OCH3 is 2. The molecule has 0 aliphatic heterocycles. The molecule has 2 N–H and O–H groups in total. The van der Waals surface area contributed by atoms with Gasteiger partial charge in [0, 0.05) is 18.5 Å². The van der Waals surface area contributed by atoms with Crippen molar-refractivity contribution in [3.8, 4) is 11.5 Å². The molecule has 0 fully saturated rings. The second-order valence-corrected chi connectivity index (χ2v) is 5.98. The Hall–Kier alpha value is -3.88. The summed E-state index contributed by atoms with van der Waals surface area (Å²) in [5.41, 5.74) is 3.68. The fourth-order valence-electron chi connectivity index (χ4n) is 2.29. The number of para-hydroxylation sites is 1. The number of carbonyl (C=O) groups excluding carboxylic acids is 3. The molecule has 30 heavy (non-hydrogen) atoms. The fourth-order valence-corrected chi connectivity index (χ4v) is 2.29. The lowest BCUT2D eigenvalue weighted by Crippen LogP contribution is -2.20. The topological polar surface area (TPSA) is 115 Å². The molecule has 0 heterocycles. The highest BCUT2D eigenvalue weighted by atomic mass is 16.6. The van der Waals surface area contributed by atoms with E-state index in [2.05, 4.69) is 20.6 Å². The van der Waals surface area contributed by atoms with E-state index in [4.69, 9.17) is 9.47 Å². The second-order valence-electron chi connectivity index (χ2n) is 5.98. The highest BCUT2D eigenvalue weighted by Gasteiger charge is 2.09. The van der Waals surface area contributed by atoms with Crippen LogP contribution in [0.5, 0.6) is 11.5 Å². The summed E-state index contributed by atoms with van der Waals surface area (Å²) in [7, 11) is 2.73. The molecule has 2 rings (SSSR count). The van der Waals surface area contributed by atoms with Crippen LogP contribution in [0.1, 0.15) is 18.4 Å². The number of hydrazone groups is 1. The minimum absolute atomic E-state index is 0.000363. The molecule has 2 aromatic carbocycles. The number of nitrogens with one attached hydrogen (secondary N) is 2. The first-order valence-electron chi connectivity index (χ1n) is 9.06. The zero-order valence-electron chi connectivity index (χ0n) is 16.7. The van der Waals surface area contributed by atoms with Gasteiger partial charge in [-0.25, -0.2) is 10.2 Å². The Kier molecular flexibility index (Phi) is 8.85. The SMILES string of the molecule is COC(=O)COc1ccc(C=NNC(=O)CCC(=O)Nc2ccccc2)cc1OC. The van der Waals surface area contributed by atoms with E-state index in [9.17, 15) is 14.4 Å². The molecule has 0 saturated carbocycles. The van der Waals surface area contributed by atoms with Crippen LogP contribution in [-0.4, -0.2) is 44.8 Å². The van der Waals surface area contributed by atoms with Crippen molar-refractivity contribution < 1.29 is 28.6 Å². The summed E-state index contributed by atoms with van der Waals surface area (Å²) in [4.78, 5) is 34.9. The van der Waals surface area contributed by atoms with Crippen molar-refractivity contribution in [3.63, 3.8) is 0 Å². The van der Waals surface area contributed by atoms with E-state index >= 15 is 0 Å². The predicted molar refractivity (Wildman–Crippen MR) is 111 cm³/mol. The Labute approximate surface area is 174 Å². The van der Waals surface area contributed by atoms with E-state index in [0.29, 0.717) is 22.7 Å². The minimum Gasteiger partial charge on any atom is -0.493 e. The van der Waals surface area contributed by atoms with Crippen LogP contribution in [0.15, 0.2) is 53.6 Å². The molecular weight excluding hydrogens is 390 g/mol. The summed E-state index contributed by atoms with van der Waals surface area (Å²) >= 11 is 0. The number of anilines is 1. The first kappa shape index (κ1) is 22.4. The van der Waals surface area contributed by atoms with Gasteiger partial charge in [-0.05, 0) is 35.9 Å². The smallest absolute Gasteiger partial charge is 0.343 e. The lowest BCUT2D eigenvalue weighted by Gasteiger charge is -2.10. The molecule has 2 aromatic rings. The molecule has 0 aromatic heterocycles. The Morgan fingerprint density at radius 2 is 1.70 bits per heavy atom. The summed E-state index contributed by atoms with van der Waals surface area (Å²) in [6.45, 7) is -0.242. The van der Waals surface area contributed by atoms with Gasteiger partial charge in [-0.1, -0.05) is 18.2 Å². The maximum Gasteiger partial charge on any atom is 0.343 e. The standard InChI is InChI=1S/C21H23N3O6/c1-28-18-12-15(8-9-17(18)30-14-21(27)29-2)13-22-24-20(26)11-10-19(25)23-16-6-4-3-5-7-16/h3-9,12-13H,10-11,14H2,1-2H3,(H,23,25)(H,24,26). The molecule has 0 spiro atoms. The summed E-state index contributed by atoms with van der Waals surface area (Å²) in [5.74, 6) is -0.393. The van der Waals surface area contributed by atoms with Gasteiger partial charge in [0.15, 0.2) is 18.1 Å². The van der Waals surface area contributed by atoms with Crippen molar-refractivity contribution in [1.82, 2.24) is 5.43 Å². The van der Waals surface area contributed by atoms with Crippen molar-refractivity contribution in [1.29, 1.82) is 0 Å². The number of esters is 1. The van der Waals surface area contributed by atoms with E-state index in [-0.39, 0.29) is 31.3 Å². The second kappa shape index (κ2) is 11.8. The molecule has 0 saturated heterocycles. The van der Waals surface area contributed by atoms with Crippen LogP contribution in [0.2, 0.25) is 0 Å². The molecule has 158 valence electrons. The average molecular weight is 413 g/mol. The van der Waals surface area contributed by atoms with Crippen molar-refractivity contribution in [2.24, 2.45) is 5.10 Å². The number of carbonyl (C=O) groups is 3. The first-order valence-corrected chi connectivity index (χ1v) is 9.06. The monoisotopic (exact) mass is 413 g/mol. The number of ether oxygens (including phenoxy) is 3. The maximum absolute atomic E-state index is 11.9. The minimum atomic E-state index is -0.511. The van der Waals surface area contributed by atoms with Crippen molar-refractivity contribution in [2.75, 3.05) is 26.1 Å². The molecular formula is C21H23N3O6. The number of hydrogen-bond acceptors (Lipinski definition) is 7. The van der Waals surface area contributed by atoms with E-state index in [1.165, 1.54) is 20.4 Å². The zero-order valence-corrected chi connectivity index (χ0v) is 16.7. The van der Waals surface area contributed by atoms with E-state index in [1.807, 2.05) is 18.2 Å². The Morgan fingerprint density at radius 3 is 2.40 bits per heavy atom. The van der Waals surface area contributed by atoms with Gasteiger partial charge in [0.2, 0.25) is 11.8 Å². The van der Waals surface area contributed by atoms with Crippen molar-refractivity contribution in [2.45, 2.75) is 12.8 Å². The fraction of sp³-hybridized carbons (Fsp3) is 0.238. The normalized spacial score (nSPS) is 10.3. The maximum atomic E-state index is 11.9. The summed E-state index contributed by atoms with van der Waals surface area (Å²) < 4.78 is 15.1. The molecule has 0 radical (unpaired) electrons. The third kappa shape index (κ3) is 7.63. The molecule has 9 nitrogen and oxygen atoms in total. The number of amides is 2. The van der Waals surface area contributed by atoms with Crippen LogP contribution < -0.4 is 20.2 Å². The van der Waals surface area contributed by atoms with E-state index < -0.39 is 5.97 Å². The quantitative estimate of drug-likeness (QED) is 0.350. The Balaban J connectivity index is 1.80. The number of nitrogens with zero attached hydrogens (tertiary/aromatic N) is 1. The van der Waals surface area contributed by atoms with Gasteiger partial charge in [0.1, 0.15) is 0 Å². The van der Waals surface area contributed by atoms with Gasteiger partial charge in [-0.2, -0.15) is 5.10 Å². The van der Waals surface area contributed by atoms with Gasteiger partial charge in [-0.15, -0.1) is 0 Å². The Bertz CT molecular complexity index is 899. The summed E-state index contributed by atoms with van der Waals surface area (Å²) in [6.07, 6.45) is 1.46. The number of benzene rings is 2.